The minimum absolute atomic E-state index is 0.693. The van der Waals surface area contributed by atoms with Gasteiger partial charge in [-0.15, -0.1) is 0 Å². The summed E-state index contributed by atoms with van der Waals surface area (Å²) in [5.74, 6) is 1.42. The van der Waals surface area contributed by atoms with Crippen molar-refractivity contribution in [3.05, 3.63) is 23.3 Å². The zero-order valence-corrected chi connectivity index (χ0v) is 10.7. The lowest BCUT2D eigenvalue weighted by Crippen LogP contribution is -2.06. The Morgan fingerprint density at radius 1 is 1.00 bits per heavy atom. The molecule has 14 heavy (non-hydrogen) atoms. The molecule has 0 aromatic rings. The third-order valence-electron chi connectivity index (χ3n) is 2.57. The minimum atomic E-state index is 0.693. The van der Waals surface area contributed by atoms with Crippen molar-refractivity contribution in [3.63, 3.8) is 0 Å². The van der Waals surface area contributed by atoms with Crippen LogP contribution in [0.15, 0.2) is 23.3 Å². The van der Waals surface area contributed by atoms with Crippen LogP contribution in [0.4, 0.5) is 0 Å². The molecule has 0 heteroatoms. The Balaban J connectivity index is 0.000000791. The van der Waals surface area contributed by atoms with Crippen molar-refractivity contribution in [3.8, 4) is 0 Å². The lowest BCUT2D eigenvalue weighted by atomic mass is 9.84. The maximum Gasteiger partial charge on any atom is -0.0219 e. The molecular formula is C14H26. The summed E-state index contributed by atoms with van der Waals surface area (Å²) in [5.41, 5.74) is 3.25. The second-order valence-electron chi connectivity index (χ2n) is 4.23. The van der Waals surface area contributed by atoms with Crippen LogP contribution in [0.5, 0.6) is 0 Å². The number of hydrogen-bond acceptors (Lipinski definition) is 0. The van der Waals surface area contributed by atoms with Crippen LogP contribution in [0.2, 0.25) is 0 Å². The zero-order valence-electron chi connectivity index (χ0n) is 10.7. The summed E-state index contributed by atoms with van der Waals surface area (Å²) >= 11 is 0. The van der Waals surface area contributed by atoms with Crippen molar-refractivity contribution in [2.24, 2.45) is 11.8 Å². The highest BCUT2D eigenvalue weighted by Crippen LogP contribution is 2.29. The maximum atomic E-state index is 2.32. The Morgan fingerprint density at radius 3 is 1.93 bits per heavy atom. The van der Waals surface area contributed by atoms with Crippen molar-refractivity contribution < 1.29 is 0 Å². The molecule has 0 aromatic carbocycles. The van der Waals surface area contributed by atoms with Gasteiger partial charge < -0.3 is 0 Å². The molecule has 0 nitrogen and oxygen atoms in total. The largest absolute Gasteiger partial charge is 0.0839 e. The van der Waals surface area contributed by atoms with Crippen LogP contribution in [0, 0.1) is 11.8 Å². The fraction of sp³-hybridized carbons (Fsp3) is 0.714. The third-order valence-corrected chi connectivity index (χ3v) is 2.57. The third kappa shape index (κ3) is 3.69. The van der Waals surface area contributed by atoms with Gasteiger partial charge >= 0.3 is 0 Å². The molecule has 1 rings (SSSR count). The first kappa shape index (κ1) is 13.5. The minimum Gasteiger partial charge on any atom is -0.0839 e. The monoisotopic (exact) mass is 194 g/mol. The van der Waals surface area contributed by atoms with Crippen molar-refractivity contribution in [2.45, 2.75) is 54.4 Å². The van der Waals surface area contributed by atoms with E-state index in [1.54, 1.807) is 11.1 Å². The summed E-state index contributed by atoms with van der Waals surface area (Å²) in [7, 11) is 0. The topological polar surface area (TPSA) is 0 Å². The van der Waals surface area contributed by atoms with E-state index >= 15 is 0 Å². The molecule has 1 aliphatic carbocycles. The molecule has 0 fully saturated rings. The summed E-state index contributed by atoms with van der Waals surface area (Å²) in [6.45, 7) is 13.2. The van der Waals surface area contributed by atoms with Crippen LogP contribution in [0.1, 0.15) is 54.4 Å². The summed E-state index contributed by atoms with van der Waals surface area (Å²) in [6.07, 6.45) is 7.15. The Bertz CT molecular complexity index is 204. The highest BCUT2D eigenvalue weighted by atomic mass is 14.2. The summed E-state index contributed by atoms with van der Waals surface area (Å²) in [5, 5.41) is 0. The van der Waals surface area contributed by atoms with Gasteiger partial charge in [-0.2, -0.15) is 0 Å². The zero-order chi connectivity index (χ0) is 11.1. The maximum absolute atomic E-state index is 2.32. The van der Waals surface area contributed by atoms with Gasteiger partial charge in [0.1, 0.15) is 0 Å². The molecule has 0 aliphatic heterocycles. The van der Waals surface area contributed by atoms with Crippen LogP contribution in [0.25, 0.3) is 0 Å². The van der Waals surface area contributed by atoms with Gasteiger partial charge in [0.15, 0.2) is 0 Å². The Hall–Kier alpha value is -0.520. The van der Waals surface area contributed by atoms with Gasteiger partial charge in [0.25, 0.3) is 0 Å². The van der Waals surface area contributed by atoms with Crippen LogP contribution < -0.4 is 0 Å². The molecule has 0 N–H and O–H groups in total. The van der Waals surface area contributed by atoms with Crippen LogP contribution >= 0.6 is 0 Å². The second kappa shape index (κ2) is 6.86. The standard InChI is InChI=1S/C12H20.C2H6/c1-9(2)11-7-5-6-8-12(11)10(3)4;1-2/h5,7,9-10H,6,8H2,1-4H3;1-2H3. The average Bonchev–Trinajstić information content (AvgIpc) is 2.20. The summed E-state index contributed by atoms with van der Waals surface area (Å²) in [4.78, 5) is 0. The molecule has 1 aliphatic rings. The van der Waals surface area contributed by atoms with E-state index in [4.69, 9.17) is 0 Å². The Kier molecular flexibility index (Phi) is 6.61. The molecule has 0 amide bonds. The smallest absolute Gasteiger partial charge is 0.0219 e. The summed E-state index contributed by atoms with van der Waals surface area (Å²) < 4.78 is 0. The summed E-state index contributed by atoms with van der Waals surface area (Å²) in [6, 6.07) is 0. The van der Waals surface area contributed by atoms with Crippen LogP contribution in [0.3, 0.4) is 0 Å². The predicted octanol–water partition coefficient (Wildman–Crippen LogP) is 4.97. The van der Waals surface area contributed by atoms with E-state index in [9.17, 15) is 0 Å². The molecule has 0 radical (unpaired) electrons. The van der Waals surface area contributed by atoms with Gasteiger partial charge in [-0.3, -0.25) is 0 Å². The lowest BCUT2D eigenvalue weighted by Gasteiger charge is -2.21. The molecular weight excluding hydrogens is 168 g/mol. The van der Waals surface area contributed by atoms with Crippen molar-refractivity contribution >= 4 is 0 Å². The highest BCUT2D eigenvalue weighted by molar-refractivity contribution is 5.31. The Morgan fingerprint density at radius 2 is 1.57 bits per heavy atom. The molecule has 0 heterocycles. The number of rotatable bonds is 2. The van der Waals surface area contributed by atoms with Crippen LogP contribution in [-0.4, -0.2) is 0 Å². The molecule has 0 spiro atoms. The van der Waals surface area contributed by atoms with E-state index in [0.717, 1.165) is 5.92 Å². The first-order chi connectivity index (χ1) is 6.63. The fourth-order valence-corrected chi connectivity index (χ4v) is 1.89. The first-order valence-corrected chi connectivity index (χ1v) is 6.02. The van der Waals surface area contributed by atoms with Crippen molar-refractivity contribution in [2.75, 3.05) is 0 Å². The van der Waals surface area contributed by atoms with Gasteiger partial charge in [0.05, 0.1) is 0 Å². The molecule has 0 atom stereocenters. The van der Waals surface area contributed by atoms with Gasteiger partial charge in [-0.05, 0) is 30.3 Å². The predicted molar refractivity (Wildman–Crippen MR) is 66.4 cm³/mol. The average molecular weight is 194 g/mol. The molecule has 0 unspecified atom stereocenters. The fourth-order valence-electron chi connectivity index (χ4n) is 1.89. The van der Waals surface area contributed by atoms with E-state index in [1.807, 2.05) is 13.8 Å². The molecule has 0 saturated heterocycles. The van der Waals surface area contributed by atoms with Gasteiger partial charge in [-0.25, -0.2) is 0 Å². The van der Waals surface area contributed by atoms with E-state index in [1.165, 1.54) is 12.8 Å². The number of hydrogen-bond donors (Lipinski definition) is 0. The van der Waals surface area contributed by atoms with Gasteiger partial charge in [-0.1, -0.05) is 59.3 Å². The van der Waals surface area contributed by atoms with E-state index in [-0.39, 0.29) is 0 Å². The van der Waals surface area contributed by atoms with Gasteiger partial charge in [0, 0.05) is 0 Å². The molecule has 82 valence electrons. The van der Waals surface area contributed by atoms with E-state index in [2.05, 4.69) is 39.8 Å². The highest BCUT2D eigenvalue weighted by Gasteiger charge is 2.13. The molecule has 0 saturated carbocycles. The molecule has 0 aromatic heterocycles. The second-order valence-corrected chi connectivity index (χ2v) is 4.23. The molecule has 0 bridgehead atoms. The van der Waals surface area contributed by atoms with Gasteiger partial charge in [0.2, 0.25) is 0 Å². The van der Waals surface area contributed by atoms with E-state index < -0.39 is 0 Å². The van der Waals surface area contributed by atoms with E-state index in [0.29, 0.717) is 5.92 Å². The lowest BCUT2D eigenvalue weighted by molar-refractivity contribution is 0.657. The quantitative estimate of drug-likeness (QED) is 0.582. The van der Waals surface area contributed by atoms with Crippen molar-refractivity contribution in [1.82, 2.24) is 0 Å². The van der Waals surface area contributed by atoms with Crippen molar-refractivity contribution in [1.29, 1.82) is 0 Å². The normalized spacial score (nSPS) is 16.0. The first-order valence-electron chi connectivity index (χ1n) is 6.02. The van der Waals surface area contributed by atoms with Crippen LogP contribution in [-0.2, 0) is 0 Å². The Labute approximate surface area is 90.1 Å². The number of allylic oxidation sites excluding steroid dienone is 4. The SMILES string of the molecule is CC.CC(C)C1=C(C(C)C)CCC=C1.